The molecule has 0 radical (unpaired) electrons. The van der Waals surface area contributed by atoms with Gasteiger partial charge < -0.3 is 14.4 Å². The van der Waals surface area contributed by atoms with E-state index in [2.05, 4.69) is 14.6 Å². The zero-order valence-corrected chi connectivity index (χ0v) is 14.8. The molecule has 0 aliphatic carbocycles. The highest BCUT2D eigenvalue weighted by atomic mass is 32.2. The number of hydrogen-bond acceptors (Lipinski definition) is 6. The Kier molecular flexibility index (Phi) is 4.84. The summed E-state index contributed by atoms with van der Waals surface area (Å²) in [4.78, 5) is 6.46. The minimum Gasteiger partial charge on any atom is -0.491 e. The Hall–Kier alpha value is -1.96. The molecule has 1 N–H and O–H groups in total. The van der Waals surface area contributed by atoms with Crippen LogP contribution in [0.2, 0.25) is 0 Å². The molecular weight excluding hydrogens is 330 g/mol. The molecule has 1 unspecified atom stereocenters. The van der Waals surface area contributed by atoms with Crippen LogP contribution in [0.5, 0.6) is 11.5 Å². The van der Waals surface area contributed by atoms with E-state index < -0.39 is 10.0 Å². The van der Waals surface area contributed by atoms with E-state index in [1.54, 1.807) is 0 Å². The summed E-state index contributed by atoms with van der Waals surface area (Å²) in [6.07, 6.45) is 4.67. The maximum atomic E-state index is 11.8. The largest absolute Gasteiger partial charge is 0.491 e. The number of nitrogens with one attached hydrogen (secondary N) is 1. The molecule has 0 saturated heterocycles. The molecule has 0 fully saturated rings. The standard InChI is InChI=1S/C16H23N3O4S/c1-3-9-22-14-5-4-12-13(19-8-7-17-11-19)6-10-23-16(12)15(14)18-24(2,20)21/h4-5,11,13,18H,3,6-10H2,1-2H3. The topological polar surface area (TPSA) is 80.2 Å². The first-order chi connectivity index (χ1) is 11.5. The summed E-state index contributed by atoms with van der Waals surface area (Å²) in [6.45, 7) is 4.70. The van der Waals surface area contributed by atoms with Gasteiger partial charge in [0, 0.05) is 18.5 Å². The van der Waals surface area contributed by atoms with Crippen molar-refractivity contribution in [2.24, 2.45) is 4.99 Å². The van der Waals surface area contributed by atoms with Gasteiger partial charge >= 0.3 is 0 Å². The second kappa shape index (κ2) is 6.88. The second-order valence-electron chi connectivity index (χ2n) is 5.99. The summed E-state index contributed by atoms with van der Waals surface area (Å²) in [5.74, 6) is 1.06. The quantitative estimate of drug-likeness (QED) is 0.846. The van der Waals surface area contributed by atoms with Crippen molar-refractivity contribution >= 4 is 22.0 Å². The third-order valence-electron chi connectivity index (χ3n) is 4.01. The number of hydrogen-bond donors (Lipinski definition) is 1. The molecular formula is C16H23N3O4S. The third-order valence-corrected chi connectivity index (χ3v) is 4.59. The van der Waals surface area contributed by atoms with Crippen molar-refractivity contribution in [1.29, 1.82) is 0 Å². The molecule has 0 amide bonds. The van der Waals surface area contributed by atoms with Crippen LogP contribution in [0, 0.1) is 0 Å². The summed E-state index contributed by atoms with van der Waals surface area (Å²) in [5, 5.41) is 0. The Balaban J connectivity index is 2.02. The van der Waals surface area contributed by atoms with Gasteiger partial charge in [0.05, 0.1) is 38.4 Å². The summed E-state index contributed by atoms with van der Waals surface area (Å²) < 4.78 is 37.7. The van der Waals surface area contributed by atoms with E-state index in [4.69, 9.17) is 9.47 Å². The molecule has 8 heteroatoms. The number of fused-ring (bicyclic) bond motifs is 1. The Labute approximate surface area is 142 Å². The van der Waals surface area contributed by atoms with E-state index in [-0.39, 0.29) is 6.04 Å². The van der Waals surface area contributed by atoms with Gasteiger partial charge in [0.1, 0.15) is 11.4 Å². The second-order valence-corrected chi connectivity index (χ2v) is 7.74. The third kappa shape index (κ3) is 3.58. The first-order valence-electron chi connectivity index (χ1n) is 8.15. The molecule has 132 valence electrons. The predicted octanol–water partition coefficient (Wildman–Crippen LogP) is 2.01. The molecule has 1 aromatic carbocycles. The van der Waals surface area contributed by atoms with Gasteiger partial charge in [0.2, 0.25) is 10.0 Å². The minimum absolute atomic E-state index is 0.139. The van der Waals surface area contributed by atoms with Gasteiger partial charge in [-0.3, -0.25) is 9.71 Å². The first-order valence-corrected chi connectivity index (χ1v) is 10.0. The molecule has 7 nitrogen and oxygen atoms in total. The summed E-state index contributed by atoms with van der Waals surface area (Å²) in [6, 6.07) is 3.92. The lowest BCUT2D eigenvalue weighted by Crippen LogP contribution is -2.30. The first kappa shape index (κ1) is 16.9. The normalized spacial score (nSPS) is 19.8. The average Bonchev–Trinajstić information content (AvgIpc) is 3.06. The SMILES string of the molecule is CCCOc1ccc2c(c1NS(C)(=O)=O)OCCC2N1C=NCC1. The van der Waals surface area contributed by atoms with Crippen LogP contribution in [0.3, 0.4) is 0 Å². The lowest BCUT2D eigenvalue weighted by Gasteiger charge is -2.33. The molecule has 0 spiro atoms. The number of nitrogens with zero attached hydrogens (tertiary/aromatic N) is 2. The molecule has 0 aromatic heterocycles. The van der Waals surface area contributed by atoms with Crippen LogP contribution in [-0.2, 0) is 10.0 Å². The van der Waals surface area contributed by atoms with E-state index in [1.165, 1.54) is 0 Å². The van der Waals surface area contributed by atoms with Crippen molar-refractivity contribution < 1.29 is 17.9 Å². The smallest absolute Gasteiger partial charge is 0.230 e. The minimum atomic E-state index is -3.44. The molecule has 2 aliphatic heterocycles. The van der Waals surface area contributed by atoms with Crippen molar-refractivity contribution in [3.8, 4) is 11.5 Å². The Morgan fingerprint density at radius 3 is 2.96 bits per heavy atom. The van der Waals surface area contributed by atoms with Crippen molar-refractivity contribution in [2.45, 2.75) is 25.8 Å². The van der Waals surface area contributed by atoms with Gasteiger partial charge in [-0.05, 0) is 18.6 Å². The Morgan fingerprint density at radius 1 is 1.46 bits per heavy atom. The molecule has 0 saturated carbocycles. The maximum absolute atomic E-state index is 11.8. The van der Waals surface area contributed by atoms with E-state index in [0.29, 0.717) is 30.4 Å². The number of benzene rings is 1. The summed E-state index contributed by atoms with van der Waals surface area (Å²) >= 11 is 0. The Morgan fingerprint density at radius 2 is 2.29 bits per heavy atom. The molecule has 1 aromatic rings. The van der Waals surface area contributed by atoms with Crippen LogP contribution in [-0.4, -0.2) is 52.2 Å². The predicted molar refractivity (Wildman–Crippen MR) is 93.6 cm³/mol. The van der Waals surface area contributed by atoms with Crippen LogP contribution in [0.1, 0.15) is 31.4 Å². The van der Waals surface area contributed by atoms with Crippen molar-refractivity contribution in [3.63, 3.8) is 0 Å². The number of anilines is 1. The molecule has 1 atom stereocenters. The van der Waals surface area contributed by atoms with Gasteiger partial charge in [-0.1, -0.05) is 6.92 Å². The van der Waals surface area contributed by atoms with Gasteiger partial charge in [-0.2, -0.15) is 0 Å². The number of sulfonamides is 1. The highest BCUT2D eigenvalue weighted by molar-refractivity contribution is 7.92. The van der Waals surface area contributed by atoms with Gasteiger partial charge in [0.15, 0.2) is 5.75 Å². The van der Waals surface area contributed by atoms with E-state index in [0.717, 1.165) is 37.8 Å². The van der Waals surface area contributed by atoms with Gasteiger partial charge in [-0.25, -0.2) is 8.42 Å². The van der Waals surface area contributed by atoms with Crippen LogP contribution >= 0.6 is 0 Å². The lowest BCUT2D eigenvalue weighted by molar-refractivity contribution is 0.210. The fourth-order valence-electron chi connectivity index (χ4n) is 3.02. The highest BCUT2D eigenvalue weighted by Crippen LogP contribution is 2.45. The molecule has 0 bridgehead atoms. The fourth-order valence-corrected chi connectivity index (χ4v) is 3.58. The van der Waals surface area contributed by atoms with Crippen LogP contribution in [0.4, 0.5) is 5.69 Å². The number of ether oxygens (including phenoxy) is 2. The van der Waals surface area contributed by atoms with Crippen LogP contribution in [0.25, 0.3) is 0 Å². The summed E-state index contributed by atoms with van der Waals surface area (Å²) in [5.41, 5.74) is 1.36. The van der Waals surface area contributed by atoms with Crippen molar-refractivity contribution in [1.82, 2.24) is 4.90 Å². The summed E-state index contributed by atoms with van der Waals surface area (Å²) in [7, 11) is -3.44. The van der Waals surface area contributed by atoms with E-state index in [9.17, 15) is 8.42 Å². The average molecular weight is 353 g/mol. The fraction of sp³-hybridized carbons (Fsp3) is 0.562. The Bertz CT molecular complexity index is 733. The monoisotopic (exact) mass is 353 g/mol. The zero-order chi connectivity index (χ0) is 17.2. The molecule has 24 heavy (non-hydrogen) atoms. The van der Waals surface area contributed by atoms with Crippen molar-refractivity contribution in [2.75, 3.05) is 37.3 Å². The molecule has 3 rings (SSSR count). The van der Waals surface area contributed by atoms with Crippen LogP contribution < -0.4 is 14.2 Å². The van der Waals surface area contributed by atoms with Gasteiger partial charge in [0.25, 0.3) is 0 Å². The zero-order valence-electron chi connectivity index (χ0n) is 14.0. The van der Waals surface area contributed by atoms with Crippen LogP contribution in [0.15, 0.2) is 17.1 Å². The van der Waals surface area contributed by atoms with E-state index in [1.807, 2.05) is 25.4 Å². The number of rotatable bonds is 6. The maximum Gasteiger partial charge on any atom is 0.230 e. The van der Waals surface area contributed by atoms with E-state index >= 15 is 0 Å². The molecule has 2 aliphatic rings. The van der Waals surface area contributed by atoms with Gasteiger partial charge in [-0.15, -0.1) is 0 Å². The van der Waals surface area contributed by atoms with Crippen molar-refractivity contribution in [3.05, 3.63) is 17.7 Å². The highest BCUT2D eigenvalue weighted by Gasteiger charge is 2.31. The molecule has 2 heterocycles. The number of aliphatic imine (C=N–C) groups is 1. The lowest BCUT2D eigenvalue weighted by atomic mass is 9.98.